The number of rotatable bonds is 8. The molecule has 1 amide bonds. The molecule has 0 radical (unpaired) electrons. The molecule has 112 valence electrons. The van der Waals surface area contributed by atoms with Crippen molar-refractivity contribution in [2.24, 2.45) is 11.7 Å². The summed E-state index contributed by atoms with van der Waals surface area (Å²) in [6, 6.07) is 7.89. The molecule has 0 spiro atoms. The Morgan fingerprint density at radius 3 is 2.55 bits per heavy atom. The van der Waals surface area contributed by atoms with Gasteiger partial charge in [0.15, 0.2) is 0 Å². The van der Waals surface area contributed by atoms with Gasteiger partial charge >= 0.3 is 0 Å². The highest BCUT2D eigenvalue weighted by atomic mass is 16.5. The van der Waals surface area contributed by atoms with Crippen LogP contribution in [0.3, 0.4) is 0 Å². The lowest BCUT2D eigenvalue weighted by Crippen LogP contribution is -2.36. The molecule has 2 atom stereocenters. The highest BCUT2D eigenvalue weighted by Gasteiger charge is 2.09. The van der Waals surface area contributed by atoms with Crippen LogP contribution in [0.1, 0.15) is 32.3 Å². The molecule has 0 saturated carbocycles. The number of hydrogen-bond acceptors (Lipinski definition) is 3. The summed E-state index contributed by atoms with van der Waals surface area (Å²) in [6.07, 6.45) is 1.35. The fourth-order valence-corrected chi connectivity index (χ4v) is 1.74. The first-order valence-corrected chi connectivity index (χ1v) is 7.20. The third-order valence-electron chi connectivity index (χ3n) is 3.19. The van der Waals surface area contributed by atoms with E-state index in [1.54, 1.807) is 0 Å². The maximum atomic E-state index is 11.7. The maximum absolute atomic E-state index is 11.7. The van der Waals surface area contributed by atoms with Gasteiger partial charge in [0, 0.05) is 6.42 Å². The Kier molecular flexibility index (Phi) is 7.09. The Bertz CT molecular complexity index is 403. The van der Waals surface area contributed by atoms with Crippen molar-refractivity contribution in [3.05, 3.63) is 29.8 Å². The topological polar surface area (TPSA) is 64.3 Å². The van der Waals surface area contributed by atoms with E-state index in [1.165, 1.54) is 5.56 Å². The van der Waals surface area contributed by atoms with Crippen molar-refractivity contribution in [3.63, 3.8) is 0 Å². The van der Waals surface area contributed by atoms with Gasteiger partial charge in [0.1, 0.15) is 12.4 Å². The lowest BCUT2D eigenvalue weighted by molar-refractivity contribution is -0.122. The summed E-state index contributed by atoms with van der Waals surface area (Å²) in [5.74, 6) is 1.28. The van der Waals surface area contributed by atoms with Crippen LogP contribution in [-0.4, -0.2) is 25.1 Å². The Balaban J connectivity index is 2.24. The molecule has 1 aromatic carbocycles. The number of ether oxygens (including phenoxy) is 1. The summed E-state index contributed by atoms with van der Waals surface area (Å²) in [5, 5.41) is 2.94. The molecular weight excluding hydrogens is 252 g/mol. The predicted octanol–water partition coefficient (Wildman–Crippen LogP) is 2.25. The molecule has 0 aromatic heterocycles. The first-order valence-electron chi connectivity index (χ1n) is 7.20. The molecule has 3 N–H and O–H groups in total. The minimum Gasteiger partial charge on any atom is -0.491 e. The van der Waals surface area contributed by atoms with E-state index in [0.29, 0.717) is 25.5 Å². The molecular formula is C16H26N2O2. The van der Waals surface area contributed by atoms with Gasteiger partial charge in [-0.2, -0.15) is 0 Å². The second-order valence-electron chi connectivity index (χ2n) is 5.47. The number of benzene rings is 1. The van der Waals surface area contributed by atoms with Gasteiger partial charge in [-0.15, -0.1) is 0 Å². The third kappa shape index (κ3) is 6.57. The number of nitrogens with two attached hydrogens (primary N) is 1. The minimum atomic E-state index is -0.00279. The minimum absolute atomic E-state index is 0.00279. The Morgan fingerprint density at radius 2 is 1.95 bits per heavy atom. The summed E-state index contributed by atoms with van der Waals surface area (Å²) in [6.45, 7) is 7.13. The number of hydrogen-bond donors (Lipinski definition) is 2. The number of carbonyl (C=O) groups excluding carboxylic acids is 1. The van der Waals surface area contributed by atoms with Crippen LogP contribution in [0.25, 0.3) is 0 Å². The monoisotopic (exact) mass is 278 g/mol. The second-order valence-corrected chi connectivity index (χ2v) is 5.47. The number of nitrogens with one attached hydrogen (secondary N) is 1. The van der Waals surface area contributed by atoms with Crippen LogP contribution >= 0.6 is 0 Å². The van der Waals surface area contributed by atoms with Crippen molar-refractivity contribution in [3.8, 4) is 5.75 Å². The van der Waals surface area contributed by atoms with E-state index in [9.17, 15) is 4.79 Å². The second kappa shape index (κ2) is 8.59. The van der Waals surface area contributed by atoms with Crippen molar-refractivity contribution in [1.29, 1.82) is 0 Å². The molecule has 2 unspecified atom stereocenters. The molecule has 4 nitrogen and oxygen atoms in total. The predicted molar refractivity (Wildman–Crippen MR) is 81.7 cm³/mol. The van der Waals surface area contributed by atoms with E-state index in [0.717, 1.165) is 12.2 Å². The fraction of sp³-hybridized carbons (Fsp3) is 0.562. The fourth-order valence-electron chi connectivity index (χ4n) is 1.74. The van der Waals surface area contributed by atoms with E-state index in [2.05, 4.69) is 12.2 Å². The zero-order chi connectivity index (χ0) is 15.0. The quantitative estimate of drug-likeness (QED) is 0.766. The average molecular weight is 278 g/mol. The molecule has 0 aliphatic rings. The smallest absolute Gasteiger partial charge is 0.220 e. The molecule has 1 rings (SSSR count). The Morgan fingerprint density at radius 1 is 1.30 bits per heavy atom. The van der Waals surface area contributed by atoms with Crippen LogP contribution in [0.15, 0.2) is 24.3 Å². The van der Waals surface area contributed by atoms with E-state index < -0.39 is 0 Å². The van der Waals surface area contributed by atoms with Crippen molar-refractivity contribution >= 4 is 5.91 Å². The third-order valence-corrected chi connectivity index (χ3v) is 3.19. The summed E-state index contributed by atoms with van der Waals surface area (Å²) < 4.78 is 5.64. The van der Waals surface area contributed by atoms with Crippen LogP contribution in [0.4, 0.5) is 0 Å². The van der Waals surface area contributed by atoms with Crippen molar-refractivity contribution < 1.29 is 9.53 Å². The van der Waals surface area contributed by atoms with E-state index in [-0.39, 0.29) is 11.9 Å². The highest BCUT2D eigenvalue weighted by Crippen LogP contribution is 2.11. The normalized spacial score (nSPS) is 13.6. The molecule has 0 aliphatic heterocycles. The summed E-state index contributed by atoms with van der Waals surface area (Å²) in [5.41, 5.74) is 6.73. The van der Waals surface area contributed by atoms with Crippen LogP contribution in [0, 0.1) is 12.8 Å². The van der Waals surface area contributed by atoms with Gasteiger partial charge < -0.3 is 15.8 Å². The molecule has 0 heterocycles. The number of amides is 1. The van der Waals surface area contributed by atoms with Gasteiger partial charge in [-0.25, -0.2) is 0 Å². The van der Waals surface area contributed by atoms with Gasteiger partial charge in [0.25, 0.3) is 0 Å². The molecule has 0 saturated heterocycles. The van der Waals surface area contributed by atoms with E-state index in [1.807, 2.05) is 38.1 Å². The van der Waals surface area contributed by atoms with Gasteiger partial charge in [0.05, 0.1) is 6.04 Å². The SMILES string of the molecule is Cc1ccc(OCC(C)NC(=O)CCC(C)CN)cc1. The van der Waals surface area contributed by atoms with Gasteiger partial charge in [0.2, 0.25) is 5.91 Å². The van der Waals surface area contributed by atoms with Crippen molar-refractivity contribution in [2.45, 2.75) is 39.7 Å². The highest BCUT2D eigenvalue weighted by molar-refractivity contribution is 5.76. The van der Waals surface area contributed by atoms with E-state index in [4.69, 9.17) is 10.5 Å². The summed E-state index contributed by atoms with van der Waals surface area (Å²) in [4.78, 5) is 11.7. The zero-order valence-electron chi connectivity index (χ0n) is 12.7. The van der Waals surface area contributed by atoms with Gasteiger partial charge in [-0.3, -0.25) is 4.79 Å². The Hall–Kier alpha value is -1.55. The first-order chi connectivity index (χ1) is 9.51. The molecule has 0 fully saturated rings. The Labute approximate surface area is 121 Å². The molecule has 1 aromatic rings. The summed E-state index contributed by atoms with van der Waals surface area (Å²) in [7, 11) is 0. The average Bonchev–Trinajstić information content (AvgIpc) is 2.44. The van der Waals surface area contributed by atoms with Crippen LogP contribution in [0.2, 0.25) is 0 Å². The van der Waals surface area contributed by atoms with Gasteiger partial charge in [-0.1, -0.05) is 24.6 Å². The standard InChI is InChI=1S/C16H26N2O2/c1-12-4-7-15(8-5-12)20-11-14(3)18-16(19)9-6-13(2)10-17/h4-5,7-8,13-14H,6,9-11,17H2,1-3H3,(H,18,19). The largest absolute Gasteiger partial charge is 0.491 e. The molecule has 4 heteroatoms. The molecule has 0 aliphatic carbocycles. The molecule has 20 heavy (non-hydrogen) atoms. The lowest BCUT2D eigenvalue weighted by atomic mass is 10.1. The van der Waals surface area contributed by atoms with Crippen LogP contribution in [-0.2, 0) is 4.79 Å². The number of carbonyl (C=O) groups is 1. The van der Waals surface area contributed by atoms with Crippen LogP contribution < -0.4 is 15.8 Å². The van der Waals surface area contributed by atoms with E-state index >= 15 is 0 Å². The number of aryl methyl sites for hydroxylation is 1. The zero-order valence-corrected chi connectivity index (χ0v) is 12.7. The van der Waals surface area contributed by atoms with Crippen molar-refractivity contribution in [1.82, 2.24) is 5.32 Å². The summed E-state index contributed by atoms with van der Waals surface area (Å²) >= 11 is 0. The molecule has 0 bridgehead atoms. The lowest BCUT2D eigenvalue weighted by Gasteiger charge is -2.16. The van der Waals surface area contributed by atoms with Crippen molar-refractivity contribution in [2.75, 3.05) is 13.2 Å². The van der Waals surface area contributed by atoms with Gasteiger partial charge in [-0.05, 0) is 44.9 Å². The van der Waals surface area contributed by atoms with Crippen LogP contribution in [0.5, 0.6) is 5.75 Å². The maximum Gasteiger partial charge on any atom is 0.220 e. The first kappa shape index (κ1) is 16.5.